The van der Waals surface area contributed by atoms with Crippen LogP contribution in [0.2, 0.25) is 5.02 Å². The molecule has 1 heterocycles. The third-order valence-electron chi connectivity index (χ3n) is 4.07. The van der Waals surface area contributed by atoms with Gasteiger partial charge in [0.1, 0.15) is 6.54 Å². The highest BCUT2D eigenvalue weighted by atomic mass is 35.5. The summed E-state index contributed by atoms with van der Waals surface area (Å²) in [6.45, 7) is 2.47. The zero-order chi connectivity index (χ0) is 17.8. The molecule has 0 saturated heterocycles. The molecule has 2 aromatic carbocycles. The minimum absolute atomic E-state index is 0.0736. The van der Waals surface area contributed by atoms with Crippen molar-refractivity contribution < 1.29 is 4.79 Å². The van der Waals surface area contributed by atoms with E-state index in [-0.39, 0.29) is 23.9 Å². The fraction of sp³-hybridized carbons (Fsp3) is 0.211. The number of aromatic nitrogens is 2. The second-order valence-corrected chi connectivity index (χ2v) is 6.39. The van der Waals surface area contributed by atoms with Crippen molar-refractivity contribution in [2.75, 3.05) is 6.54 Å². The van der Waals surface area contributed by atoms with Gasteiger partial charge in [-0.25, -0.2) is 4.98 Å². The molecule has 6 heteroatoms. The highest BCUT2D eigenvalue weighted by Crippen LogP contribution is 2.14. The van der Waals surface area contributed by atoms with Crippen LogP contribution in [0.1, 0.15) is 18.4 Å². The number of halogens is 1. The summed E-state index contributed by atoms with van der Waals surface area (Å²) in [5.74, 6) is -0.0385. The number of carbonyl (C=O) groups is 1. The van der Waals surface area contributed by atoms with Crippen LogP contribution in [0.4, 0.5) is 0 Å². The van der Waals surface area contributed by atoms with Gasteiger partial charge < -0.3 is 5.32 Å². The van der Waals surface area contributed by atoms with Crippen LogP contribution in [0.25, 0.3) is 10.9 Å². The molecule has 0 saturated carbocycles. The molecule has 5 nitrogen and oxygen atoms in total. The van der Waals surface area contributed by atoms with Crippen LogP contribution in [0.15, 0.2) is 59.7 Å². The third kappa shape index (κ3) is 4.06. The average Bonchev–Trinajstić information content (AvgIpc) is 2.63. The molecule has 0 unspecified atom stereocenters. The number of hydrogen-bond donors (Lipinski definition) is 1. The van der Waals surface area contributed by atoms with Gasteiger partial charge in [-0.3, -0.25) is 14.2 Å². The van der Waals surface area contributed by atoms with Crippen LogP contribution in [-0.4, -0.2) is 22.0 Å². The van der Waals surface area contributed by atoms with Crippen molar-refractivity contribution in [1.82, 2.24) is 14.9 Å². The monoisotopic (exact) mass is 355 g/mol. The Hall–Kier alpha value is -2.66. The van der Waals surface area contributed by atoms with Crippen molar-refractivity contribution in [3.63, 3.8) is 0 Å². The molecule has 0 aliphatic heterocycles. The summed E-state index contributed by atoms with van der Waals surface area (Å²) in [4.78, 5) is 28.8. The Balaban J connectivity index is 1.68. The van der Waals surface area contributed by atoms with Gasteiger partial charge in [-0.1, -0.05) is 48.9 Å². The predicted molar refractivity (Wildman–Crippen MR) is 98.9 cm³/mol. The lowest BCUT2D eigenvalue weighted by atomic mass is 10.0. The average molecular weight is 356 g/mol. The van der Waals surface area contributed by atoms with E-state index < -0.39 is 0 Å². The van der Waals surface area contributed by atoms with Gasteiger partial charge >= 0.3 is 0 Å². The summed E-state index contributed by atoms with van der Waals surface area (Å²) in [5, 5.41) is 3.73. The summed E-state index contributed by atoms with van der Waals surface area (Å²) in [6, 6.07) is 14.9. The van der Waals surface area contributed by atoms with Gasteiger partial charge in [-0.2, -0.15) is 0 Å². The molecule has 25 heavy (non-hydrogen) atoms. The van der Waals surface area contributed by atoms with Crippen molar-refractivity contribution in [3.8, 4) is 0 Å². The summed E-state index contributed by atoms with van der Waals surface area (Å²) >= 11 is 5.94. The molecule has 0 radical (unpaired) electrons. The van der Waals surface area contributed by atoms with E-state index in [1.807, 2.05) is 37.3 Å². The van der Waals surface area contributed by atoms with Crippen molar-refractivity contribution >= 4 is 28.4 Å². The SMILES string of the molecule is C[C@@H](CNC(=O)Cn1cnc2ccc(Cl)cc2c1=O)c1ccccc1. The molecule has 3 aromatic rings. The fourth-order valence-corrected chi connectivity index (χ4v) is 2.79. The Morgan fingerprint density at radius 3 is 2.76 bits per heavy atom. The lowest BCUT2D eigenvalue weighted by Crippen LogP contribution is -2.34. The number of carbonyl (C=O) groups excluding carboxylic acids is 1. The molecule has 3 rings (SSSR count). The standard InChI is InChI=1S/C19H18ClN3O2/c1-13(14-5-3-2-4-6-14)10-21-18(24)11-23-12-22-17-8-7-15(20)9-16(17)19(23)25/h2-9,12-13H,10-11H2,1H3,(H,21,24)/t13-/m0/s1. The summed E-state index contributed by atoms with van der Waals surface area (Å²) in [7, 11) is 0. The van der Waals surface area contributed by atoms with Crippen molar-refractivity contribution in [1.29, 1.82) is 0 Å². The first-order chi connectivity index (χ1) is 12.0. The van der Waals surface area contributed by atoms with Crippen molar-refractivity contribution in [2.24, 2.45) is 0 Å². The number of nitrogens with one attached hydrogen (secondary N) is 1. The largest absolute Gasteiger partial charge is 0.354 e. The fourth-order valence-electron chi connectivity index (χ4n) is 2.62. The molecule has 0 aliphatic rings. The Morgan fingerprint density at radius 1 is 1.24 bits per heavy atom. The maximum atomic E-state index is 12.5. The predicted octanol–water partition coefficient (Wildman–Crippen LogP) is 2.97. The number of rotatable bonds is 5. The van der Waals surface area contributed by atoms with E-state index >= 15 is 0 Å². The number of hydrogen-bond acceptors (Lipinski definition) is 3. The van der Waals surface area contributed by atoms with Crippen molar-refractivity contribution in [2.45, 2.75) is 19.4 Å². The van der Waals surface area contributed by atoms with Gasteiger partial charge in [0.2, 0.25) is 5.91 Å². The maximum Gasteiger partial charge on any atom is 0.261 e. The quantitative estimate of drug-likeness (QED) is 0.765. The molecule has 0 aliphatic carbocycles. The summed E-state index contributed by atoms with van der Waals surface area (Å²) < 4.78 is 1.29. The van der Waals surface area contributed by atoms with E-state index in [1.165, 1.54) is 10.9 Å². The normalized spacial score (nSPS) is 12.1. The topological polar surface area (TPSA) is 64.0 Å². The van der Waals surface area contributed by atoms with Crippen LogP contribution in [0.3, 0.4) is 0 Å². The number of fused-ring (bicyclic) bond motifs is 1. The molecular formula is C19H18ClN3O2. The Morgan fingerprint density at radius 2 is 2.00 bits per heavy atom. The molecule has 1 amide bonds. The van der Waals surface area contributed by atoms with E-state index in [1.54, 1.807) is 18.2 Å². The zero-order valence-electron chi connectivity index (χ0n) is 13.8. The first-order valence-electron chi connectivity index (χ1n) is 8.01. The van der Waals surface area contributed by atoms with Crippen LogP contribution < -0.4 is 10.9 Å². The van der Waals surface area contributed by atoms with Crippen LogP contribution in [0, 0.1) is 0 Å². The second-order valence-electron chi connectivity index (χ2n) is 5.95. The van der Waals surface area contributed by atoms with E-state index in [4.69, 9.17) is 11.6 Å². The molecule has 1 atom stereocenters. The summed E-state index contributed by atoms with van der Waals surface area (Å²) in [6.07, 6.45) is 1.39. The van der Waals surface area contributed by atoms with Gasteiger partial charge in [0.15, 0.2) is 0 Å². The van der Waals surface area contributed by atoms with Gasteiger partial charge in [0, 0.05) is 11.6 Å². The second kappa shape index (κ2) is 7.49. The minimum Gasteiger partial charge on any atom is -0.354 e. The Kier molecular flexibility index (Phi) is 5.14. The van der Waals surface area contributed by atoms with E-state index in [0.29, 0.717) is 22.5 Å². The zero-order valence-corrected chi connectivity index (χ0v) is 14.5. The molecule has 0 spiro atoms. The molecule has 0 fully saturated rings. The maximum absolute atomic E-state index is 12.5. The third-order valence-corrected chi connectivity index (χ3v) is 4.31. The molecule has 0 bridgehead atoms. The Bertz CT molecular complexity index is 954. The Labute approximate surface area is 150 Å². The van der Waals surface area contributed by atoms with E-state index in [0.717, 1.165) is 5.56 Å². The molecule has 128 valence electrons. The van der Waals surface area contributed by atoms with Gasteiger partial charge in [0.05, 0.1) is 17.2 Å². The molecule has 1 N–H and O–H groups in total. The number of benzene rings is 2. The highest BCUT2D eigenvalue weighted by Gasteiger charge is 2.10. The molecule has 1 aromatic heterocycles. The van der Waals surface area contributed by atoms with Crippen LogP contribution in [-0.2, 0) is 11.3 Å². The summed E-state index contributed by atoms with van der Waals surface area (Å²) in [5.41, 5.74) is 1.43. The minimum atomic E-state index is -0.279. The van der Waals surface area contributed by atoms with E-state index in [2.05, 4.69) is 10.3 Å². The first-order valence-corrected chi connectivity index (χ1v) is 8.39. The first kappa shape index (κ1) is 17.2. The smallest absolute Gasteiger partial charge is 0.261 e. The van der Waals surface area contributed by atoms with E-state index in [9.17, 15) is 9.59 Å². The van der Waals surface area contributed by atoms with Gasteiger partial charge in [-0.15, -0.1) is 0 Å². The van der Waals surface area contributed by atoms with Gasteiger partial charge in [0.25, 0.3) is 5.56 Å². The molecular weight excluding hydrogens is 338 g/mol. The lowest BCUT2D eigenvalue weighted by molar-refractivity contribution is -0.121. The number of nitrogens with zero attached hydrogens (tertiary/aromatic N) is 2. The van der Waals surface area contributed by atoms with Crippen molar-refractivity contribution in [3.05, 3.63) is 75.8 Å². The van der Waals surface area contributed by atoms with Crippen LogP contribution >= 0.6 is 11.6 Å². The number of amides is 1. The van der Waals surface area contributed by atoms with Crippen LogP contribution in [0.5, 0.6) is 0 Å². The highest BCUT2D eigenvalue weighted by molar-refractivity contribution is 6.31. The lowest BCUT2D eigenvalue weighted by Gasteiger charge is -2.13. The van der Waals surface area contributed by atoms with Gasteiger partial charge in [-0.05, 0) is 29.7 Å².